The summed E-state index contributed by atoms with van der Waals surface area (Å²) in [6.07, 6.45) is 6.89. The minimum atomic E-state index is 0.392. The van der Waals surface area contributed by atoms with Crippen molar-refractivity contribution in [2.75, 3.05) is 0 Å². The van der Waals surface area contributed by atoms with E-state index in [0.717, 1.165) is 21.9 Å². The third-order valence-corrected chi connectivity index (χ3v) is 2.55. The second kappa shape index (κ2) is 4.72. The Labute approximate surface area is 81.6 Å². The molecule has 0 saturated carbocycles. The van der Waals surface area contributed by atoms with Gasteiger partial charge in [0.1, 0.15) is 11.3 Å². The van der Waals surface area contributed by atoms with E-state index in [9.17, 15) is 4.79 Å². The lowest BCUT2D eigenvalue weighted by Gasteiger charge is -1.84. The van der Waals surface area contributed by atoms with Crippen LogP contribution in [0.25, 0.3) is 12.2 Å². The Hall–Kier alpha value is -1.22. The van der Waals surface area contributed by atoms with Gasteiger partial charge in [-0.05, 0) is 19.1 Å². The lowest BCUT2D eigenvalue weighted by atomic mass is 10.3. The van der Waals surface area contributed by atoms with Gasteiger partial charge >= 0.3 is 0 Å². The molecule has 0 aliphatic carbocycles. The molecule has 2 nitrogen and oxygen atoms in total. The molecule has 0 saturated heterocycles. The number of hydrogen-bond donors (Lipinski definition) is 0. The van der Waals surface area contributed by atoms with E-state index < -0.39 is 0 Å². The molecule has 0 aliphatic rings. The standard InChI is InChI=1S/C10H11NOS/c1-3-5-9-8(4-2)11-10(13-9)6-7-12/h3-5,7H,2,6H2,1H3. The van der Waals surface area contributed by atoms with Crippen molar-refractivity contribution >= 4 is 29.8 Å². The van der Waals surface area contributed by atoms with Gasteiger partial charge in [0.25, 0.3) is 0 Å². The molecule has 0 bridgehead atoms. The van der Waals surface area contributed by atoms with Crippen LogP contribution in [0, 0.1) is 0 Å². The lowest BCUT2D eigenvalue weighted by Crippen LogP contribution is -1.83. The van der Waals surface area contributed by atoms with Crippen LogP contribution in [0.5, 0.6) is 0 Å². The first-order valence-corrected chi connectivity index (χ1v) is 4.82. The first-order chi connectivity index (χ1) is 6.31. The molecule has 0 aliphatic heterocycles. The zero-order valence-electron chi connectivity index (χ0n) is 7.49. The van der Waals surface area contributed by atoms with Crippen LogP contribution < -0.4 is 0 Å². The van der Waals surface area contributed by atoms with E-state index in [1.165, 1.54) is 11.3 Å². The van der Waals surface area contributed by atoms with Crippen molar-refractivity contribution in [2.24, 2.45) is 0 Å². The van der Waals surface area contributed by atoms with E-state index in [-0.39, 0.29) is 0 Å². The highest BCUT2D eigenvalue weighted by Gasteiger charge is 2.04. The zero-order valence-corrected chi connectivity index (χ0v) is 8.30. The molecule has 0 aromatic carbocycles. The van der Waals surface area contributed by atoms with E-state index in [4.69, 9.17) is 0 Å². The maximum Gasteiger partial charge on any atom is 0.126 e. The Morgan fingerprint density at radius 1 is 1.62 bits per heavy atom. The number of aldehydes is 1. The highest BCUT2D eigenvalue weighted by molar-refractivity contribution is 7.12. The number of aromatic nitrogens is 1. The van der Waals surface area contributed by atoms with Gasteiger partial charge in [-0.1, -0.05) is 12.7 Å². The van der Waals surface area contributed by atoms with Gasteiger partial charge in [-0.2, -0.15) is 0 Å². The van der Waals surface area contributed by atoms with Crippen molar-refractivity contribution < 1.29 is 4.79 Å². The third-order valence-electron chi connectivity index (χ3n) is 1.49. The van der Waals surface area contributed by atoms with Gasteiger partial charge in [-0.15, -0.1) is 11.3 Å². The Balaban J connectivity index is 3.03. The Bertz CT molecular complexity index is 339. The Kier molecular flexibility index (Phi) is 3.58. The van der Waals surface area contributed by atoms with Gasteiger partial charge in [-0.3, -0.25) is 0 Å². The van der Waals surface area contributed by atoms with Crippen LogP contribution in [-0.2, 0) is 11.2 Å². The van der Waals surface area contributed by atoms with E-state index in [1.54, 1.807) is 6.08 Å². The van der Waals surface area contributed by atoms with Crippen LogP contribution >= 0.6 is 11.3 Å². The summed E-state index contributed by atoms with van der Waals surface area (Å²) in [5.41, 5.74) is 0.861. The van der Waals surface area contributed by atoms with Gasteiger partial charge in [0.15, 0.2) is 0 Å². The third kappa shape index (κ3) is 2.36. The molecule has 68 valence electrons. The number of allylic oxidation sites excluding steroid dienone is 1. The maximum atomic E-state index is 10.3. The van der Waals surface area contributed by atoms with E-state index in [2.05, 4.69) is 11.6 Å². The highest BCUT2D eigenvalue weighted by atomic mass is 32.1. The lowest BCUT2D eigenvalue weighted by molar-refractivity contribution is -0.107. The zero-order chi connectivity index (χ0) is 9.68. The van der Waals surface area contributed by atoms with Crippen molar-refractivity contribution in [3.63, 3.8) is 0 Å². The second-order valence-electron chi connectivity index (χ2n) is 2.43. The number of hydrogen-bond acceptors (Lipinski definition) is 3. The molecule has 1 heterocycles. The highest BCUT2D eigenvalue weighted by Crippen LogP contribution is 2.21. The van der Waals surface area contributed by atoms with Gasteiger partial charge < -0.3 is 4.79 Å². The number of rotatable bonds is 4. The fraction of sp³-hybridized carbons (Fsp3) is 0.200. The number of carbonyl (C=O) groups is 1. The van der Waals surface area contributed by atoms with E-state index >= 15 is 0 Å². The van der Waals surface area contributed by atoms with Gasteiger partial charge in [0, 0.05) is 0 Å². The number of nitrogens with zero attached hydrogens (tertiary/aromatic N) is 1. The topological polar surface area (TPSA) is 30.0 Å². The molecule has 1 aromatic rings. The summed E-state index contributed by atoms with van der Waals surface area (Å²) < 4.78 is 0. The monoisotopic (exact) mass is 193 g/mol. The summed E-state index contributed by atoms with van der Waals surface area (Å²) in [4.78, 5) is 15.6. The predicted molar refractivity (Wildman–Crippen MR) is 56.7 cm³/mol. The molecule has 0 unspecified atom stereocenters. The Morgan fingerprint density at radius 2 is 2.38 bits per heavy atom. The van der Waals surface area contributed by atoms with Crippen molar-refractivity contribution in [3.8, 4) is 0 Å². The van der Waals surface area contributed by atoms with Crippen molar-refractivity contribution in [1.82, 2.24) is 4.98 Å². The van der Waals surface area contributed by atoms with Crippen molar-refractivity contribution in [2.45, 2.75) is 13.3 Å². The summed E-state index contributed by atoms with van der Waals surface area (Å²) in [7, 11) is 0. The SMILES string of the molecule is C=Cc1nc(CC=O)sc1C=CC. The summed E-state index contributed by atoms with van der Waals surface area (Å²) in [5, 5.41) is 0.845. The van der Waals surface area contributed by atoms with Crippen molar-refractivity contribution in [3.05, 3.63) is 28.2 Å². The molecule has 0 atom stereocenters. The van der Waals surface area contributed by atoms with E-state index in [1.807, 2.05) is 19.1 Å². The summed E-state index contributed by atoms with van der Waals surface area (Å²) in [6.45, 7) is 5.62. The van der Waals surface area contributed by atoms with Crippen LogP contribution in [0.4, 0.5) is 0 Å². The smallest absolute Gasteiger partial charge is 0.126 e. The molecular formula is C10H11NOS. The molecule has 0 spiro atoms. The molecule has 13 heavy (non-hydrogen) atoms. The molecule has 3 heteroatoms. The molecule has 1 rings (SSSR count). The fourth-order valence-electron chi connectivity index (χ4n) is 0.967. The summed E-state index contributed by atoms with van der Waals surface area (Å²) in [5.74, 6) is 0. The molecule has 1 aromatic heterocycles. The summed E-state index contributed by atoms with van der Waals surface area (Å²) in [6, 6.07) is 0. The van der Waals surface area contributed by atoms with Gasteiger partial charge in [-0.25, -0.2) is 4.98 Å². The van der Waals surface area contributed by atoms with Crippen molar-refractivity contribution in [1.29, 1.82) is 0 Å². The molecular weight excluding hydrogens is 182 g/mol. The van der Waals surface area contributed by atoms with Crippen LogP contribution in [0.3, 0.4) is 0 Å². The number of thiazole rings is 1. The minimum Gasteiger partial charge on any atom is -0.303 e. The van der Waals surface area contributed by atoms with Crippen LogP contribution in [0.15, 0.2) is 12.7 Å². The largest absolute Gasteiger partial charge is 0.303 e. The normalized spacial score (nSPS) is 10.5. The maximum absolute atomic E-state index is 10.3. The number of carbonyl (C=O) groups excluding carboxylic acids is 1. The average molecular weight is 193 g/mol. The average Bonchev–Trinajstić information content (AvgIpc) is 2.49. The first kappa shape index (κ1) is 9.86. The van der Waals surface area contributed by atoms with Gasteiger partial charge in [0.05, 0.1) is 17.0 Å². The molecule has 0 N–H and O–H groups in total. The van der Waals surface area contributed by atoms with Crippen LogP contribution in [0.2, 0.25) is 0 Å². The molecule has 0 amide bonds. The fourth-order valence-corrected chi connectivity index (χ4v) is 1.95. The minimum absolute atomic E-state index is 0.392. The van der Waals surface area contributed by atoms with Crippen LogP contribution in [-0.4, -0.2) is 11.3 Å². The van der Waals surface area contributed by atoms with E-state index in [0.29, 0.717) is 6.42 Å². The quantitative estimate of drug-likeness (QED) is 0.688. The predicted octanol–water partition coefficient (Wildman–Crippen LogP) is 2.56. The summed E-state index contributed by atoms with van der Waals surface area (Å²) >= 11 is 1.53. The van der Waals surface area contributed by atoms with Gasteiger partial charge in [0.2, 0.25) is 0 Å². The molecule has 0 radical (unpaired) electrons. The Morgan fingerprint density at radius 3 is 2.92 bits per heavy atom. The van der Waals surface area contributed by atoms with Crippen LogP contribution in [0.1, 0.15) is 22.5 Å². The first-order valence-electron chi connectivity index (χ1n) is 4.00. The second-order valence-corrected chi connectivity index (χ2v) is 3.55. The molecule has 0 fully saturated rings.